The molecule has 27 heavy (non-hydrogen) atoms. The Labute approximate surface area is 163 Å². The molecule has 0 radical (unpaired) electrons. The van der Waals surface area contributed by atoms with Gasteiger partial charge in [-0.1, -0.05) is 30.3 Å². The van der Waals surface area contributed by atoms with Gasteiger partial charge in [0.25, 0.3) is 0 Å². The van der Waals surface area contributed by atoms with Gasteiger partial charge in [0.1, 0.15) is 5.60 Å². The minimum absolute atomic E-state index is 0.0434. The third-order valence-corrected chi connectivity index (χ3v) is 5.67. The van der Waals surface area contributed by atoms with Crippen LogP contribution in [0.2, 0.25) is 0 Å². The highest BCUT2D eigenvalue weighted by Crippen LogP contribution is 2.34. The van der Waals surface area contributed by atoms with Crippen molar-refractivity contribution in [1.29, 1.82) is 0 Å². The maximum Gasteiger partial charge on any atom is 0.410 e. The Morgan fingerprint density at radius 2 is 1.78 bits per heavy atom. The first-order valence-corrected chi connectivity index (χ1v) is 10.3. The predicted molar refractivity (Wildman–Crippen MR) is 107 cm³/mol. The monoisotopic (exact) mass is 374 g/mol. The van der Waals surface area contributed by atoms with E-state index < -0.39 is 5.60 Å². The van der Waals surface area contributed by atoms with Gasteiger partial charge < -0.3 is 20.1 Å². The molecule has 2 N–H and O–H groups in total. The van der Waals surface area contributed by atoms with Gasteiger partial charge in [-0.3, -0.25) is 0 Å². The number of hydrogen-bond donors (Lipinski definition) is 1. The fraction of sp³-hybridized carbons (Fsp3) is 0.682. The van der Waals surface area contributed by atoms with Crippen LogP contribution in [0.3, 0.4) is 0 Å². The first-order valence-electron chi connectivity index (χ1n) is 10.3. The molecule has 2 aliphatic rings. The summed E-state index contributed by atoms with van der Waals surface area (Å²) in [7, 11) is 0. The summed E-state index contributed by atoms with van der Waals surface area (Å²) in [6.45, 7) is 6.80. The Morgan fingerprint density at radius 3 is 2.41 bits per heavy atom. The summed E-state index contributed by atoms with van der Waals surface area (Å²) in [6, 6.07) is 10.6. The Balaban J connectivity index is 1.48. The molecule has 0 aromatic heterocycles. The molecule has 0 spiro atoms. The van der Waals surface area contributed by atoms with Crippen molar-refractivity contribution in [3.8, 4) is 0 Å². The van der Waals surface area contributed by atoms with E-state index in [1.165, 1.54) is 5.56 Å². The molecule has 2 fully saturated rings. The number of benzene rings is 1. The van der Waals surface area contributed by atoms with Crippen LogP contribution in [0.15, 0.2) is 30.3 Å². The lowest BCUT2D eigenvalue weighted by molar-refractivity contribution is -0.0180. The molecule has 5 heteroatoms. The zero-order valence-electron chi connectivity index (χ0n) is 16.9. The molecule has 3 rings (SSSR count). The van der Waals surface area contributed by atoms with E-state index in [9.17, 15) is 4.79 Å². The number of carbonyl (C=O) groups is 1. The lowest BCUT2D eigenvalue weighted by Gasteiger charge is -2.33. The van der Waals surface area contributed by atoms with Gasteiger partial charge in [-0.05, 0) is 64.4 Å². The summed E-state index contributed by atoms with van der Waals surface area (Å²) >= 11 is 0. The summed E-state index contributed by atoms with van der Waals surface area (Å²) in [5.41, 5.74) is 7.20. The number of ether oxygens (including phenoxy) is 2. The van der Waals surface area contributed by atoms with Crippen LogP contribution >= 0.6 is 0 Å². The van der Waals surface area contributed by atoms with Gasteiger partial charge in [-0.25, -0.2) is 4.79 Å². The second kappa shape index (κ2) is 8.61. The number of amides is 1. The van der Waals surface area contributed by atoms with Gasteiger partial charge in [0, 0.05) is 12.6 Å². The normalized spacial score (nSPS) is 29.0. The summed E-state index contributed by atoms with van der Waals surface area (Å²) < 4.78 is 11.7. The minimum Gasteiger partial charge on any atom is -0.444 e. The smallest absolute Gasteiger partial charge is 0.410 e. The van der Waals surface area contributed by atoms with Gasteiger partial charge >= 0.3 is 6.09 Å². The van der Waals surface area contributed by atoms with Crippen molar-refractivity contribution in [2.45, 2.75) is 82.6 Å². The number of nitrogens with zero attached hydrogens (tertiary/aromatic N) is 1. The number of rotatable bonds is 4. The van der Waals surface area contributed by atoms with Crippen LogP contribution in [0.5, 0.6) is 0 Å². The molecule has 2 atom stereocenters. The molecule has 0 unspecified atom stereocenters. The number of carbonyl (C=O) groups excluding carboxylic acids is 1. The molecule has 1 heterocycles. The summed E-state index contributed by atoms with van der Waals surface area (Å²) in [6.07, 6.45) is 5.22. The highest BCUT2D eigenvalue weighted by molar-refractivity contribution is 5.69. The van der Waals surface area contributed by atoms with Crippen molar-refractivity contribution >= 4 is 6.09 Å². The van der Waals surface area contributed by atoms with E-state index in [4.69, 9.17) is 15.2 Å². The highest BCUT2D eigenvalue weighted by Gasteiger charge is 2.38. The predicted octanol–water partition coefficient (Wildman–Crippen LogP) is 4.07. The van der Waals surface area contributed by atoms with E-state index in [1.807, 2.05) is 20.8 Å². The Kier molecular flexibility index (Phi) is 6.43. The standard InChI is InChI=1S/C22H34N2O3/c1-22(2,3)27-21(25)24-14-13-19(23)20(24)15-26-18-11-9-17(10-12-18)16-7-5-4-6-8-16/h4-8,17-20H,9-15,23H2,1-3H3/t17-,18+,19-,20-/m1/s1. The van der Waals surface area contributed by atoms with Gasteiger partial charge in [0.05, 0.1) is 18.8 Å². The van der Waals surface area contributed by atoms with Crippen molar-refractivity contribution in [2.24, 2.45) is 5.73 Å². The molecule has 1 saturated heterocycles. The van der Waals surface area contributed by atoms with Crippen molar-refractivity contribution in [1.82, 2.24) is 4.90 Å². The first-order chi connectivity index (χ1) is 12.8. The first kappa shape index (κ1) is 20.2. The molecule has 1 aromatic carbocycles. The summed E-state index contributed by atoms with van der Waals surface area (Å²) in [5, 5.41) is 0. The third-order valence-electron chi connectivity index (χ3n) is 5.67. The third kappa shape index (κ3) is 5.45. The average Bonchev–Trinajstić information content (AvgIpc) is 3.00. The average molecular weight is 375 g/mol. The lowest BCUT2D eigenvalue weighted by atomic mass is 9.83. The van der Waals surface area contributed by atoms with Crippen molar-refractivity contribution in [2.75, 3.05) is 13.2 Å². The lowest BCUT2D eigenvalue weighted by Crippen LogP contribution is -2.48. The van der Waals surface area contributed by atoms with Crippen molar-refractivity contribution < 1.29 is 14.3 Å². The van der Waals surface area contributed by atoms with Crippen LogP contribution in [0.1, 0.15) is 64.4 Å². The Hall–Kier alpha value is -1.59. The fourth-order valence-electron chi connectivity index (χ4n) is 4.16. The number of nitrogens with two attached hydrogens (primary N) is 1. The number of likely N-dealkylation sites (tertiary alicyclic amines) is 1. The van der Waals surface area contributed by atoms with E-state index in [-0.39, 0.29) is 24.3 Å². The maximum absolute atomic E-state index is 12.5. The molecule has 0 bridgehead atoms. The molecular formula is C22H34N2O3. The quantitative estimate of drug-likeness (QED) is 0.863. The van der Waals surface area contributed by atoms with Crippen LogP contribution in [0, 0.1) is 0 Å². The fourth-order valence-corrected chi connectivity index (χ4v) is 4.16. The van der Waals surface area contributed by atoms with E-state index in [1.54, 1.807) is 4.90 Å². The zero-order valence-corrected chi connectivity index (χ0v) is 16.9. The number of hydrogen-bond acceptors (Lipinski definition) is 4. The van der Waals surface area contributed by atoms with Crippen LogP contribution < -0.4 is 5.73 Å². The van der Waals surface area contributed by atoms with Crippen molar-refractivity contribution in [3.05, 3.63) is 35.9 Å². The van der Waals surface area contributed by atoms with Crippen molar-refractivity contribution in [3.63, 3.8) is 0 Å². The molecular weight excluding hydrogens is 340 g/mol. The van der Waals surface area contributed by atoms with Gasteiger partial charge in [0.15, 0.2) is 0 Å². The van der Waals surface area contributed by atoms with E-state index in [0.29, 0.717) is 19.1 Å². The Bertz CT molecular complexity index is 606. The summed E-state index contributed by atoms with van der Waals surface area (Å²) in [5.74, 6) is 0.637. The van der Waals surface area contributed by atoms with Gasteiger partial charge in [-0.15, -0.1) is 0 Å². The van der Waals surface area contributed by atoms with E-state index in [0.717, 1.165) is 32.1 Å². The molecule has 1 aliphatic carbocycles. The SMILES string of the molecule is CC(C)(C)OC(=O)N1CC[C@@H](N)[C@H]1CO[C@H]1CC[C@@H](c2ccccc2)CC1. The second-order valence-corrected chi connectivity index (χ2v) is 8.91. The second-order valence-electron chi connectivity index (χ2n) is 8.91. The van der Waals surface area contributed by atoms with Gasteiger partial charge in [-0.2, -0.15) is 0 Å². The molecule has 1 aliphatic heterocycles. The van der Waals surface area contributed by atoms with E-state index in [2.05, 4.69) is 30.3 Å². The zero-order chi connectivity index (χ0) is 19.4. The molecule has 1 aromatic rings. The summed E-state index contributed by atoms with van der Waals surface area (Å²) in [4.78, 5) is 14.2. The highest BCUT2D eigenvalue weighted by atomic mass is 16.6. The van der Waals surface area contributed by atoms with Gasteiger partial charge in [0.2, 0.25) is 0 Å². The van der Waals surface area contributed by atoms with Crippen LogP contribution in [0.4, 0.5) is 4.79 Å². The van der Waals surface area contributed by atoms with Crippen LogP contribution in [-0.2, 0) is 9.47 Å². The largest absolute Gasteiger partial charge is 0.444 e. The maximum atomic E-state index is 12.5. The Morgan fingerprint density at radius 1 is 1.11 bits per heavy atom. The van der Waals surface area contributed by atoms with Crippen LogP contribution in [-0.4, -0.2) is 47.9 Å². The topological polar surface area (TPSA) is 64.8 Å². The minimum atomic E-state index is -0.495. The molecule has 5 nitrogen and oxygen atoms in total. The molecule has 1 saturated carbocycles. The van der Waals surface area contributed by atoms with Crippen LogP contribution in [0.25, 0.3) is 0 Å². The van der Waals surface area contributed by atoms with E-state index >= 15 is 0 Å². The molecule has 1 amide bonds. The molecule has 150 valence electrons.